The molecule has 1 amide bonds. The standard InChI is InChI=1S/C10H7BrClN3O2S/c11-7-2-6(12)1-5(9(7)17)3-13-15-10-14-8(16)4-18-10/h1-3,17H,4H2,(H,14,15,16). The molecule has 0 aromatic heterocycles. The molecule has 18 heavy (non-hydrogen) atoms. The van der Waals surface area contributed by atoms with Gasteiger partial charge in [0.1, 0.15) is 5.75 Å². The maximum absolute atomic E-state index is 10.9. The largest absolute Gasteiger partial charge is 0.506 e. The Hall–Kier alpha value is -1.05. The number of aromatic hydroxyl groups is 1. The molecule has 2 rings (SSSR count). The summed E-state index contributed by atoms with van der Waals surface area (Å²) in [4.78, 5) is 10.9. The summed E-state index contributed by atoms with van der Waals surface area (Å²) in [7, 11) is 0. The number of phenolic OH excluding ortho intramolecular Hbond substituents is 1. The van der Waals surface area contributed by atoms with E-state index >= 15 is 0 Å². The first-order valence-electron chi connectivity index (χ1n) is 4.78. The van der Waals surface area contributed by atoms with Gasteiger partial charge in [-0.15, -0.1) is 5.10 Å². The summed E-state index contributed by atoms with van der Waals surface area (Å²) in [5.41, 5.74) is 0.438. The van der Waals surface area contributed by atoms with E-state index in [2.05, 4.69) is 31.4 Å². The highest BCUT2D eigenvalue weighted by Gasteiger charge is 2.16. The fourth-order valence-corrected chi connectivity index (χ4v) is 2.67. The summed E-state index contributed by atoms with van der Waals surface area (Å²) in [6, 6.07) is 3.14. The number of amidine groups is 1. The van der Waals surface area contributed by atoms with Crippen LogP contribution in [0.3, 0.4) is 0 Å². The highest BCUT2D eigenvalue weighted by Crippen LogP contribution is 2.30. The molecular formula is C10H7BrClN3O2S. The Kier molecular flexibility index (Phi) is 4.26. The van der Waals surface area contributed by atoms with Gasteiger partial charge in [-0.05, 0) is 28.1 Å². The summed E-state index contributed by atoms with van der Waals surface area (Å²) in [6.07, 6.45) is 1.37. The van der Waals surface area contributed by atoms with Crippen LogP contribution in [-0.2, 0) is 4.79 Å². The molecule has 1 aromatic carbocycles. The fraction of sp³-hybridized carbons (Fsp3) is 0.100. The number of thioether (sulfide) groups is 1. The molecule has 0 spiro atoms. The summed E-state index contributed by atoms with van der Waals surface area (Å²) in [5, 5.41) is 20.8. The van der Waals surface area contributed by atoms with Crippen LogP contribution in [0.15, 0.2) is 26.8 Å². The lowest BCUT2D eigenvalue weighted by Crippen LogP contribution is -2.19. The topological polar surface area (TPSA) is 74.0 Å². The van der Waals surface area contributed by atoms with Crippen LogP contribution in [-0.4, -0.2) is 28.1 Å². The number of nitrogens with one attached hydrogen (secondary N) is 1. The van der Waals surface area contributed by atoms with Crippen molar-refractivity contribution in [1.29, 1.82) is 0 Å². The number of carbonyl (C=O) groups excluding carboxylic acids is 1. The molecule has 1 saturated heterocycles. The van der Waals surface area contributed by atoms with Gasteiger partial charge in [-0.3, -0.25) is 4.79 Å². The zero-order chi connectivity index (χ0) is 13.1. The van der Waals surface area contributed by atoms with Crippen molar-refractivity contribution in [2.75, 3.05) is 5.75 Å². The minimum Gasteiger partial charge on any atom is -0.506 e. The van der Waals surface area contributed by atoms with Crippen molar-refractivity contribution in [2.24, 2.45) is 10.2 Å². The fourth-order valence-electron chi connectivity index (χ4n) is 1.21. The summed E-state index contributed by atoms with van der Waals surface area (Å²) in [6.45, 7) is 0. The summed E-state index contributed by atoms with van der Waals surface area (Å²) in [5.74, 6) is 0.288. The second kappa shape index (κ2) is 5.73. The van der Waals surface area contributed by atoms with Crippen molar-refractivity contribution < 1.29 is 9.90 Å². The third-order valence-electron chi connectivity index (χ3n) is 1.99. The maximum atomic E-state index is 10.9. The molecule has 0 saturated carbocycles. The number of phenols is 1. The quantitative estimate of drug-likeness (QED) is 0.636. The van der Waals surface area contributed by atoms with E-state index in [1.165, 1.54) is 18.0 Å². The highest BCUT2D eigenvalue weighted by molar-refractivity contribution is 9.10. The molecular weight excluding hydrogens is 342 g/mol. The SMILES string of the molecule is O=C1CSC(=NN=Cc2cc(Cl)cc(Br)c2O)N1. The van der Waals surface area contributed by atoms with Crippen LogP contribution in [0.5, 0.6) is 5.75 Å². The second-order valence-corrected chi connectivity index (χ2v) is 5.57. The molecule has 1 fully saturated rings. The van der Waals surface area contributed by atoms with E-state index in [1.807, 2.05) is 0 Å². The van der Waals surface area contributed by atoms with E-state index in [1.54, 1.807) is 12.1 Å². The van der Waals surface area contributed by atoms with Crippen LogP contribution in [0, 0.1) is 0 Å². The van der Waals surface area contributed by atoms with E-state index in [0.717, 1.165) is 0 Å². The average molecular weight is 349 g/mol. The Labute approximate surface area is 120 Å². The van der Waals surface area contributed by atoms with E-state index in [4.69, 9.17) is 11.6 Å². The molecule has 1 aliphatic heterocycles. The number of hydrogen-bond acceptors (Lipinski definition) is 5. The third kappa shape index (κ3) is 3.24. The minimum atomic E-state index is -0.0951. The first-order chi connectivity index (χ1) is 8.56. The highest BCUT2D eigenvalue weighted by atomic mass is 79.9. The summed E-state index contributed by atoms with van der Waals surface area (Å²) >= 11 is 10.3. The van der Waals surface area contributed by atoms with Gasteiger partial charge in [0.25, 0.3) is 0 Å². The van der Waals surface area contributed by atoms with Crippen molar-refractivity contribution in [3.8, 4) is 5.75 Å². The second-order valence-electron chi connectivity index (χ2n) is 3.31. The molecule has 1 aromatic rings. The average Bonchev–Trinajstić information content (AvgIpc) is 2.71. The van der Waals surface area contributed by atoms with Gasteiger partial charge in [0.05, 0.1) is 16.4 Å². The Morgan fingerprint density at radius 1 is 1.56 bits per heavy atom. The Morgan fingerprint density at radius 2 is 2.33 bits per heavy atom. The lowest BCUT2D eigenvalue weighted by atomic mass is 10.2. The molecule has 2 N–H and O–H groups in total. The molecule has 1 aliphatic rings. The molecule has 0 bridgehead atoms. The molecule has 0 aliphatic carbocycles. The lowest BCUT2D eigenvalue weighted by Gasteiger charge is -2.01. The van der Waals surface area contributed by atoms with Crippen molar-refractivity contribution in [3.63, 3.8) is 0 Å². The van der Waals surface area contributed by atoms with Gasteiger partial charge < -0.3 is 10.4 Å². The zero-order valence-electron chi connectivity index (χ0n) is 8.85. The molecule has 5 nitrogen and oxygen atoms in total. The number of amides is 1. The summed E-state index contributed by atoms with van der Waals surface area (Å²) < 4.78 is 0.479. The van der Waals surface area contributed by atoms with Gasteiger partial charge in [-0.1, -0.05) is 23.4 Å². The predicted octanol–water partition coefficient (Wildman–Crippen LogP) is 2.36. The van der Waals surface area contributed by atoms with Crippen molar-refractivity contribution in [2.45, 2.75) is 0 Å². The number of rotatable bonds is 2. The van der Waals surface area contributed by atoms with Gasteiger partial charge in [0.15, 0.2) is 5.17 Å². The van der Waals surface area contributed by atoms with Gasteiger partial charge in [-0.2, -0.15) is 5.10 Å². The van der Waals surface area contributed by atoms with Crippen molar-refractivity contribution in [1.82, 2.24) is 5.32 Å². The maximum Gasteiger partial charge on any atom is 0.236 e. The smallest absolute Gasteiger partial charge is 0.236 e. The van der Waals surface area contributed by atoms with Gasteiger partial charge in [-0.25, -0.2) is 0 Å². The minimum absolute atomic E-state index is 0.0338. The number of benzene rings is 1. The first kappa shape index (κ1) is 13.4. The van der Waals surface area contributed by atoms with Crippen LogP contribution >= 0.6 is 39.3 Å². The van der Waals surface area contributed by atoms with Crippen LogP contribution in [0.4, 0.5) is 0 Å². The molecule has 0 unspecified atom stereocenters. The third-order valence-corrected chi connectivity index (χ3v) is 3.68. The molecule has 0 atom stereocenters. The lowest BCUT2D eigenvalue weighted by molar-refractivity contribution is -0.116. The van der Waals surface area contributed by atoms with E-state index in [9.17, 15) is 9.90 Å². The zero-order valence-corrected chi connectivity index (χ0v) is 12.0. The number of hydrogen-bond donors (Lipinski definition) is 2. The Balaban J connectivity index is 2.17. The van der Waals surface area contributed by atoms with Gasteiger partial charge in [0, 0.05) is 10.6 Å². The van der Waals surface area contributed by atoms with Gasteiger partial charge >= 0.3 is 0 Å². The van der Waals surface area contributed by atoms with E-state index in [-0.39, 0.29) is 11.7 Å². The van der Waals surface area contributed by atoms with E-state index < -0.39 is 0 Å². The molecule has 94 valence electrons. The Bertz CT molecular complexity index is 562. The monoisotopic (exact) mass is 347 g/mol. The number of nitrogens with zero attached hydrogens (tertiary/aromatic N) is 2. The van der Waals surface area contributed by atoms with Gasteiger partial charge in [0.2, 0.25) is 5.91 Å². The van der Waals surface area contributed by atoms with Crippen LogP contribution in [0.1, 0.15) is 5.56 Å². The van der Waals surface area contributed by atoms with Crippen molar-refractivity contribution >= 4 is 56.6 Å². The van der Waals surface area contributed by atoms with Crippen molar-refractivity contribution in [3.05, 3.63) is 27.2 Å². The number of halogens is 2. The van der Waals surface area contributed by atoms with Crippen LogP contribution < -0.4 is 5.32 Å². The molecule has 0 radical (unpaired) electrons. The Morgan fingerprint density at radius 3 is 3.00 bits per heavy atom. The normalized spacial score (nSPS) is 17.7. The van der Waals surface area contributed by atoms with Crippen LogP contribution in [0.2, 0.25) is 5.02 Å². The number of carbonyl (C=O) groups is 1. The molecule has 1 heterocycles. The first-order valence-corrected chi connectivity index (χ1v) is 6.93. The molecule has 8 heteroatoms. The van der Waals surface area contributed by atoms with E-state index in [0.29, 0.717) is 26.0 Å². The van der Waals surface area contributed by atoms with Crippen LogP contribution in [0.25, 0.3) is 0 Å². The predicted molar refractivity (Wildman–Crippen MR) is 76.4 cm³/mol.